The maximum Gasteiger partial charge on any atom is 0.263 e. The minimum absolute atomic E-state index is 0.0912. The van der Waals surface area contributed by atoms with Gasteiger partial charge in [0.1, 0.15) is 0 Å². The normalized spacial score (nSPS) is 14.7. The molecule has 0 spiro atoms. The third-order valence-electron chi connectivity index (χ3n) is 4.46. The summed E-state index contributed by atoms with van der Waals surface area (Å²) in [5, 5.41) is 0. The van der Waals surface area contributed by atoms with E-state index in [-0.39, 0.29) is 5.91 Å². The van der Waals surface area contributed by atoms with E-state index in [1.165, 1.54) is 16.1 Å². The van der Waals surface area contributed by atoms with Crippen LogP contribution in [0.15, 0.2) is 30.3 Å². The van der Waals surface area contributed by atoms with Crippen LogP contribution in [0.1, 0.15) is 25.7 Å². The molecular weight excluding hydrogens is 320 g/mol. The van der Waals surface area contributed by atoms with E-state index in [0.29, 0.717) is 6.54 Å². The Kier molecular flexibility index (Phi) is 5.21. The van der Waals surface area contributed by atoms with Crippen molar-refractivity contribution in [1.82, 2.24) is 4.90 Å². The van der Waals surface area contributed by atoms with E-state index in [1.54, 1.807) is 16.2 Å². The van der Waals surface area contributed by atoms with Crippen molar-refractivity contribution < 1.29 is 9.53 Å². The molecule has 0 saturated carbocycles. The number of ether oxygens (including phenoxy) is 1. The van der Waals surface area contributed by atoms with Crippen LogP contribution in [0.3, 0.4) is 0 Å². The number of nitrogens with zero attached hydrogens (tertiary/aromatic N) is 2. The van der Waals surface area contributed by atoms with Crippen LogP contribution in [0.5, 0.6) is 0 Å². The summed E-state index contributed by atoms with van der Waals surface area (Å²) in [4.78, 5) is 18.7. The molecule has 1 aliphatic rings. The fraction of sp³-hybridized carbons (Fsp3) is 0.421. The second kappa shape index (κ2) is 7.36. The van der Waals surface area contributed by atoms with Crippen LogP contribution in [0, 0.1) is 13.8 Å². The number of benzene rings is 1. The summed E-state index contributed by atoms with van der Waals surface area (Å²) in [5.41, 5.74) is 3.56. The molecule has 1 fully saturated rings. The molecule has 0 N–H and O–H groups in total. The van der Waals surface area contributed by atoms with Crippen LogP contribution in [-0.4, -0.2) is 44.2 Å². The van der Waals surface area contributed by atoms with E-state index in [9.17, 15) is 4.79 Å². The first-order valence-electron chi connectivity index (χ1n) is 8.29. The molecule has 2 heterocycles. The number of hydrogen-bond donors (Lipinski definition) is 0. The Bertz CT molecular complexity index is 683. The maximum absolute atomic E-state index is 12.5. The van der Waals surface area contributed by atoms with Crippen molar-refractivity contribution in [2.45, 2.75) is 20.4 Å². The third kappa shape index (κ3) is 3.79. The fourth-order valence-corrected chi connectivity index (χ4v) is 3.87. The summed E-state index contributed by atoms with van der Waals surface area (Å²) in [5.74, 6) is 0.0912. The van der Waals surface area contributed by atoms with E-state index >= 15 is 0 Å². The van der Waals surface area contributed by atoms with Gasteiger partial charge in [0.15, 0.2) is 0 Å². The third-order valence-corrected chi connectivity index (χ3v) is 5.60. The van der Waals surface area contributed by atoms with E-state index in [1.807, 2.05) is 20.0 Å². The molecule has 2 aromatic rings. The number of thiophene rings is 1. The van der Waals surface area contributed by atoms with Gasteiger partial charge in [-0.15, -0.1) is 11.3 Å². The summed E-state index contributed by atoms with van der Waals surface area (Å²) < 4.78 is 5.39. The molecule has 5 heteroatoms. The molecule has 128 valence electrons. The SMILES string of the molecule is Cc1cc(C(=O)N(C)Cc2ccc(N3CCOCC3)cc2)sc1C. The Balaban J connectivity index is 1.63. The monoisotopic (exact) mass is 344 g/mol. The summed E-state index contributed by atoms with van der Waals surface area (Å²) in [7, 11) is 1.86. The molecule has 0 radical (unpaired) electrons. The number of amides is 1. The quantitative estimate of drug-likeness (QED) is 0.851. The van der Waals surface area contributed by atoms with Gasteiger partial charge >= 0.3 is 0 Å². The number of carbonyl (C=O) groups excluding carboxylic acids is 1. The number of aryl methyl sites for hydroxylation is 2. The van der Waals surface area contributed by atoms with Crippen LogP contribution in [-0.2, 0) is 11.3 Å². The molecular formula is C19H24N2O2S. The van der Waals surface area contributed by atoms with Gasteiger partial charge in [-0.05, 0) is 43.2 Å². The van der Waals surface area contributed by atoms with Crippen molar-refractivity contribution in [1.29, 1.82) is 0 Å². The number of morpholine rings is 1. The second-order valence-corrected chi connectivity index (χ2v) is 7.53. The molecule has 1 aromatic heterocycles. The van der Waals surface area contributed by atoms with Gasteiger partial charge in [-0.2, -0.15) is 0 Å². The topological polar surface area (TPSA) is 32.8 Å². The zero-order valence-electron chi connectivity index (χ0n) is 14.5. The molecule has 0 atom stereocenters. The van der Waals surface area contributed by atoms with Crippen LogP contribution in [0.4, 0.5) is 5.69 Å². The Morgan fingerprint density at radius 2 is 1.88 bits per heavy atom. The highest BCUT2D eigenvalue weighted by atomic mass is 32.1. The summed E-state index contributed by atoms with van der Waals surface area (Å²) in [6.07, 6.45) is 0. The van der Waals surface area contributed by atoms with Crippen molar-refractivity contribution in [3.8, 4) is 0 Å². The van der Waals surface area contributed by atoms with Gasteiger partial charge in [0.05, 0.1) is 18.1 Å². The van der Waals surface area contributed by atoms with Gasteiger partial charge in [-0.25, -0.2) is 0 Å². The van der Waals surface area contributed by atoms with E-state index in [4.69, 9.17) is 4.74 Å². The lowest BCUT2D eigenvalue weighted by Crippen LogP contribution is -2.36. The molecule has 24 heavy (non-hydrogen) atoms. The van der Waals surface area contributed by atoms with Gasteiger partial charge in [-0.3, -0.25) is 4.79 Å². The van der Waals surface area contributed by atoms with Gasteiger partial charge in [-0.1, -0.05) is 12.1 Å². The van der Waals surface area contributed by atoms with Gasteiger partial charge in [0, 0.05) is 37.2 Å². The maximum atomic E-state index is 12.5. The standard InChI is InChI=1S/C19H24N2O2S/c1-14-12-18(24-15(14)2)19(22)20(3)13-16-4-6-17(7-5-16)21-8-10-23-11-9-21/h4-7,12H,8-11,13H2,1-3H3. The van der Waals surface area contributed by atoms with Crippen molar-refractivity contribution in [3.63, 3.8) is 0 Å². The molecule has 0 unspecified atom stereocenters. The summed E-state index contributed by atoms with van der Waals surface area (Å²) >= 11 is 1.57. The Labute approximate surface area is 147 Å². The highest BCUT2D eigenvalue weighted by Gasteiger charge is 2.16. The average Bonchev–Trinajstić information content (AvgIpc) is 2.94. The fourth-order valence-electron chi connectivity index (χ4n) is 2.85. The van der Waals surface area contributed by atoms with E-state index in [0.717, 1.165) is 36.7 Å². The highest BCUT2D eigenvalue weighted by Crippen LogP contribution is 2.23. The zero-order valence-corrected chi connectivity index (χ0v) is 15.4. The number of hydrogen-bond acceptors (Lipinski definition) is 4. The molecule has 4 nitrogen and oxygen atoms in total. The first-order chi connectivity index (χ1) is 11.5. The zero-order chi connectivity index (χ0) is 17.1. The number of rotatable bonds is 4. The van der Waals surface area contributed by atoms with Crippen molar-refractivity contribution in [2.75, 3.05) is 38.3 Å². The van der Waals surface area contributed by atoms with Crippen LogP contribution in [0.25, 0.3) is 0 Å². The molecule has 0 bridgehead atoms. The minimum atomic E-state index is 0.0912. The van der Waals surface area contributed by atoms with Crippen LogP contribution < -0.4 is 4.90 Å². The summed E-state index contributed by atoms with van der Waals surface area (Å²) in [6.45, 7) is 8.19. The lowest BCUT2D eigenvalue weighted by Gasteiger charge is -2.29. The lowest BCUT2D eigenvalue weighted by molar-refractivity contribution is 0.0790. The molecule has 3 rings (SSSR count). The number of carbonyl (C=O) groups is 1. The smallest absolute Gasteiger partial charge is 0.263 e. The second-order valence-electron chi connectivity index (χ2n) is 6.28. The van der Waals surface area contributed by atoms with Crippen LogP contribution in [0.2, 0.25) is 0 Å². The van der Waals surface area contributed by atoms with Crippen molar-refractivity contribution in [3.05, 3.63) is 51.2 Å². The minimum Gasteiger partial charge on any atom is -0.378 e. The molecule has 1 aliphatic heterocycles. The molecule has 1 amide bonds. The number of anilines is 1. The van der Waals surface area contributed by atoms with Gasteiger partial charge < -0.3 is 14.5 Å². The largest absolute Gasteiger partial charge is 0.378 e. The van der Waals surface area contributed by atoms with Crippen molar-refractivity contribution in [2.24, 2.45) is 0 Å². The Morgan fingerprint density at radius 3 is 2.46 bits per heavy atom. The Morgan fingerprint density at radius 1 is 1.21 bits per heavy atom. The molecule has 0 aliphatic carbocycles. The average molecular weight is 344 g/mol. The first kappa shape index (κ1) is 17.0. The predicted molar refractivity (Wildman–Crippen MR) is 99.1 cm³/mol. The first-order valence-corrected chi connectivity index (χ1v) is 9.10. The van der Waals surface area contributed by atoms with Gasteiger partial charge in [0.25, 0.3) is 5.91 Å². The highest BCUT2D eigenvalue weighted by molar-refractivity contribution is 7.14. The van der Waals surface area contributed by atoms with Crippen LogP contribution >= 0.6 is 11.3 Å². The summed E-state index contributed by atoms with van der Waals surface area (Å²) in [6, 6.07) is 10.5. The lowest BCUT2D eigenvalue weighted by atomic mass is 10.1. The Hall–Kier alpha value is -1.85. The van der Waals surface area contributed by atoms with Gasteiger partial charge in [0.2, 0.25) is 0 Å². The van der Waals surface area contributed by atoms with Crippen molar-refractivity contribution >= 4 is 22.9 Å². The molecule has 1 saturated heterocycles. The van der Waals surface area contributed by atoms with E-state index in [2.05, 4.69) is 36.1 Å². The predicted octanol–water partition coefficient (Wildman–Crippen LogP) is 3.47. The molecule has 1 aromatic carbocycles. The van der Waals surface area contributed by atoms with E-state index < -0.39 is 0 Å².